The van der Waals surface area contributed by atoms with Crippen molar-refractivity contribution in [2.75, 3.05) is 11.1 Å². The Kier molecular flexibility index (Phi) is 3.51. The van der Waals surface area contributed by atoms with E-state index in [0.29, 0.717) is 16.9 Å². The third-order valence-corrected chi connectivity index (χ3v) is 2.76. The van der Waals surface area contributed by atoms with E-state index in [1.165, 1.54) is 12.1 Å². The normalized spacial score (nSPS) is 10.3. The van der Waals surface area contributed by atoms with Gasteiger partial charge in [-0.3, -0.25) is 4.79 Å². The van der Waals surface area contributed by atoms with Crippen molar-refractivity contribution >= 4 is 17.3 Å². The molecule has 0 spiro atoms. The molecular formula is C15H15FN2O. The van der Waals surface area contributed by atoms with Crippen molar-refractivity contribution in [1.29, 1.82) is 0 Å². The number of nitrogen functional groups attached to an aromatic ring is 1. The predicted molar refractivity (Wildman–Crippen MR) is 74.7 cm³/mol. The molecule has 4 heteroatoms. The quantitative estimate of drug-likeness (QED) is 0.812. The summed E-state index contributed by atoms with van der Waals surface area (Å²) in [5.74, 6) is -0.805. The van der Waals surface area contributed by atoms with E-state index < -0.39 is 5.82 Å². The fourth-order valence-electron chi connectivity index (χ4n) is 1.86. The summed E-state index contributed by atoms with van der Waals surface area (Å²) in [4.78, 5) is 12.0. The molecule has 3 N–H and O–H groups in total. The number of rotatable bonds is 2. The predicted octanol–water partition coefficient (Wildman–Crippen LogP) is 3.28. The van der Waals surface area contributed by atoms with Gasteiger partial charge in [-0.15, -0.1) is 0 Å². The summed E-state index contributed by atoms with van der Waals surface area (Å²) in [5.41, 5.74) is 8.81. The summed E-state index contributed by atoms with van der Waals surface area (Å²) in [7, 11) is 0. The van der Waals surface area contributed by atoms with Crippen LogP contribution in [0.2, 0.25) is 0 Å². The van der Waals surface area contributed by atoms with Crippen LogP contribution in [0.5, 0.6) is 0 Å². The Morgan fingerprint density at radius 2 is 1.84 bits per heavy atom. The van der Waals surface area contributed by atoms with E-state index in [9.17, 15) is 9.18 Å². The van der Waals surface area contributed by atoms with Crippen molar-refractivity contribution in [1.82, 2.24) is 0 Å². The van der Waals surface area contributed by atoms with Crippen LogP contribution in [-0.2, 0) is 0 Å². The lowest BCUT2D eigenvalue weighted by Gasteiger charge is -2.09. The van der Waals surface area contributed by atoms with Crippen LogP contribution in [0, 0.1) is 19.7 Å². The number of hydrogen-bond acceptors (Lipinski definition) is 2. The number of carbonyl (C=O) groups excluding carboxylic acids is 1. The Labute approximate surface area is 111 Å². The number of nitrogens with one attached hydrogen (secondary N) is 1. The third-order valence-electron chi connectivity index (χ3n) is 2.76. The average molecular weight is 258 g/mol. The summed E-state index contributed by atoms with van der Waals surface area (Å²) >= 11 is 0. The van der Waals surface area contributed by atoms with E-state index in [2.05, 4.69) is 5.32 Å². The van der Waals surface area contributed by atoms with Gasteiger partial charge in [-0.2, -0.15) is 0 Å². The van der Waals surface area contributed by atoms with E-state index in [4.69, 9.17) is 5.73 Å². The topological polar surface area (TPSA) is 55.1 Å². The zero-order chi connectivity index (χ0) is 14.0. The van der Waals surface area contributed by atoms with Crippen molar-refractivity contribution < 1.29 is 9.18 Å². The van der Waals surface area contributed by atoms with Crippen LogP contribution in [0.15, 0.2) is 36.4 Å². The van der Waals surface area contributed by atoms with Gasteiger partial charge in [-0.05, 0) is 55.3 Å². The van der Waals surface area contributed by atoms with Crippen LogP contribution in [0.25, 0.3) is 0 Å². The maximum atomic E-state index is 13.3. The third kappa shape index (κ3) is 3.10. The molecule has 0 bridgehead atoms. The van der Waals surface area contributed by atoms with Gasteiger partial charge in [0.1, 0.15) is 5.82 Å². The first-order chi connectivity index (χ1) is 8.95. The Balaban J connectivity index is 2.25. The van der Waals surface area contributed by atoms with Gasteiger partial charge >= 0.3 is 0 Å². The van der Waals surface area contributed by atoms with Crippen molar-refractivity contribution in [2.45, 2.75) is 13.8 Å². The first-order valence-electron chi connectivity index (χ1n) is 5.90. The number of benzene rings is 2. The number of nitrogens with two attached hydrogens (primary N) is 1. The lowest BCUT2D eigenvalue weighted by molar-refractivity contribution is 0.102. The van der Waals surface area contributed by atoms with Gasteiger partial charge in [0.2, 0.25) is 0 Å². The van der Waals surface area contributed by atoms with Crippen LogP contribution in [-0.4, -0.2) is 5.91 Å². The van der Waals surface area contributed by atoms with Crippen LogP contribution < -0.4 is 11.1 Å². The van der Waals surface area contributed by atoms with Gasteiger partial charge in [0.05, 0.1) is 11.4 Å². The molecule has 1 amide bonds. The SMILES string of the molecule is Cc1cc(F)cc(C(=O)Nc2ccc(C)cc2N)c1. The second kappa shape index (κ2) is 5.10. The summed E-state index contributed by atoms with van der Waals surface area (Å²) < 4.78 is 13.3. The number of aryl methyl sites for hydroxylation is 2. The van der Waals surface area contributed by atoms with Crippen LogP contribution in [0.1, 0.15) is 21.5 Å². The zero-order valence-corrected chi connectivity index (χ0v) is 10.8. The Hall–Kier alpha value is -2.36. The highest BCUT2D eigenvalue weighted by Crippen LogP contribution is 2.20. The van der Waals surface area contributed by atoms with Crippen molar-refractivity contribution in [3.05, 3.63) is 58.9 Å². The van der Waals surface area contributed by atoms with E-state index in [1.807, 2.05) is 13.0 Å². The molecule has 0 saturated carbocycles. The highest BCUT2D eigenvalue weighted by Gasteiger charge is 2.09. The van der Waals surface area contributed by atoms with Gasteiger partial charge < -0.3 is 11.1 Å². The van der Waals surface area contributed by atoms with Crippen molar-refractivity contribution in [3.63, 3.8) is 0 Å². The summed E-state index contributed by atoms with van der Waals surface area (Å²) in [6.45, 7) is 3.65. The minimum atomic E-state index is -0.429. The zero-order valence-electron chi connectivity index (χ0n) is 10.8. The molecule has 0 atom stereocenters. The van der Waals surface area contributed by atoms with E-state index >= 15 is 0 Å². The molecule has 0 aliphatic rings. The molecule has 0 aromatic heterocycles. The van der Waals surface area contributed by atoms with Gasteiger partial charge in [0.15, 0.2) is 0 Å². The second-order valence-corrected chi connectivity index (χ2v) is 4.56. The first-order valence-corrected chi connectivity index (χ1v) is 5.90. The first kappa shape index (κ1) is 13.1. The van der Waals surface area contributed by atoms with Gasteiger partial charge in [0.25, 0.3) is 5.91 Å². The fourth-order valence-corrected chi connectivity index (χ4v) is 1.86. The Morgan fingerprint density at radius 1 is 1.11 bits per heavy atom. The lowest BCUT2D eigenvalue weighted by Crippen LogP contribution is -2.13. The smallest absolute Gasteiger partial charge is 0.255 e. The Bertz CT molecular complexity index is 618. The Morgan fingerprint density at radius 3 is 2.47 bits per heavy atom. The molecule has 19 heavy (non-hydrogen) atoms. The molecule has 3 nitrogen and oxygen atoms in total. The van der Waals surface area contributed by atoms with Crippen molar-refractivity contribution in [3.8, 4) is 0 Å². The maximum absolute atomic E-state index is 13.3. The van der Waals surface area contributed by atoms with Gasteiger partial charge in [0, 0.05) is 5.56 Å². The number of amides is 1. The van der Waals surface area contributed by atoms with Gasteiger partial charge in [-0.1, -0.05) is 6.07 Å². The highest BCUT2D eigenvalue weighted by atomic mass is 19.1. The van der Waals surface area contributed by atoms with Crippen molar-refractivity contribution in [2.24, 2.45) is 0 Å². The molecule has 2 rings (SSSR count). The molecule has 0 radical (unpaired) electrons. The molecule has 2 aromatic rings. The molecular weight excluding hydrogens is 243 g/mol. The number of hydrogen-bond donors (Lipinski definition) is 2. The average Bonchev–Trinajstić information content (AvgIpc) is 2.31. The van der Waals surface area contributed by atoms with Crippen LogP contribution in [0.4, 0.5) is 15.8 Å². The van der Waals surface area contributed by atoms with E-state index in [-0.39, 0.29) is 11.5 Å². The molecule has 0 heterocycles. The highest BCUT2D eigenvalue weighted by molar-refractivity contribution is 6.05. The fraction of sp³-hybridized carbons (Fsp3) is 0.133. The minimum absolute atomic E-state index is 0.275. The van der Waals surface area contributed by atoms with Crippen LogP contribution >= 0.6 is 0 Å². The molecule has 0 fully saturated rings. The lowest BCUT2D eigenvalue weighted by atomic mass is 10.1. The number of anilines is 2. The molecule has 0 unspecified atom stereocenters. The monoisotopic (exact) mass is 258 g/mol. The van der Waals surface area contributed by atoms with E-state index in [1.54, 1.807) is 25.1 Å². The summed E-state index contributed by atoms with van der Waals surface area (Å²) in [5, 5.41) is 2.68. The number of halogens is 1. The second-order valence-electron chi connectivity index (χ2n) is 4.56. The minimum Gasteiger partial charge on any atom is -0.397 e. The largest absolute Gasteiger partial charge is 0.397 e. The number of carbonyl (C=O) groups is 1. The van der Waals surface area contributed by atoms with Gasteiger partial charge in [-0.25, -0.2) is 4.39 Å². The summed E-state index contributed by atoms with van der Waals surface area (Å²) in [6.07, 6.45) is 0. The van der Waals surface area contributed by atoms with Crippen LogP contribution in [0.3, 0.4) is 0 Å². The van der Waals surface area contributed by atoms with E-state index in [0.717, 1.165) is 5.56 Å². The molecule has 2 aromatic carbocycles. The molecule has 0 aliphatic heterocycles. The molecule has 98 valence electrons. The molecule has 0 saturated heterocycles. The standard InChI is InChI=1S/C15H15FN2O/c1-9-3-4-14(13(17)7-9)18-15(19)11-5-10(2)6-12(16)8-11/h3-8H,17H2,1-2H3,(H,18,19). The maximum Gasteiger partial charge on any atom is 0.255 e. The molecule has 0 aliphatic carbocycles. The summed E-state index contributed by atoms with van der Waals surface area (Å²) in [6, 6.07) is 9.55.